The summed E-state index contributed by atoms with van der Waals surface area (Å²) in [7, 11) is 4.67. The Bertz CT molecular complexity index is 1190. The van der Waals surface area contributed by atoms with Crippen LogP contribution in [0.5, 0.6) is 17.2 Å². The van der Waals surface area contributed by atoms with Crippen LogP contribution in [0.1, 0.15) is 22.4 Å². The Balaban J connectivity index is 1.75. The van der Waals surface area contributed by atoms with E-state index in [4.69, 9.17) is 14.2 Å². The van der Waals surface area contributed by atoms with E-state index in [2.05, 4.69) is 10.3 Å². The summed E-state index contributed by atoms with van der Waals surface area (Å²) in [6.45, 7) is 5.96. The van der Waals surface area contributed by atoms with E-state index < -0.39 is 0 Å². The van der Waals surface area contributed by atoms with Gasteiger partial charge >= 0.3 is 0 Å². The molecule has 1 amide bonds. The summed E-state index contributed by atoms with van der Waals surface area (Å²) in [6, 6.07) is 7.54. The van der Waals surface area contributed by atoms with Gasteiger partial charge in [0.1, 0.15) is 12.2 Å². The molecule has 0 aliphatic rings. The van der Waals surface area contributed by atoms with E-state index in [1.54, 1.807) is 28.3 Å². The number of rotatable bonds is 8. The van der Waals surface area contributed by atoms with Crippen molar-refractivity contribution in [1.29, 1.82) is 0 Å². The molecule has 0 fully saturated rings. The average Bonchev–Trinajstić information content (AvgIpc) is 2.77. The van der Waals surface area contributed by atoms with Crippen LogP contribution in [0.4, 0.5) is 0 Å². The third kappa shape index (κ3) is 4.69. The second-order valence-electron chi connectivity index (χ2n) is 7.65. The first-order valence-corrected chi connectivity index (χ1v) is 10.3. The molecule has 3 aromatic rings. The van der Waals surface area contributed by atoms with Crippen molar-refractivity contribution < 1.29 is 19.0 Å². The number of fused-ring (bicyclic) bond motifs is 1. The Kier molecular flexibility index (Phi) is 7.02. The first-order valence-electron chi connectivity index (χ1n) is 10.3. The monoisotopic (exact) mass is 439 g/mol. The molecule has 0 bridgehead atoms. The van der Waals surface area contributed by atoms with Crippen LogP contribution < -0.4 is 25.1 Å². The van der Waals surface area contributed by atoms with Gasteiger partial charge in [-0.05, 0) is 68.1 Å². The van der Waals surface area contributed by atoms with E-state index in [0.717, 1.165) is 16.7 Å². The van der Waals surface area contributed by atoms with Crippen molar-refractivity contribution >= 4 is 16.9 Å². The largest absolute Gasteiger partial charge is 0.493 e. The maximum absolute atomic E-state index is 12.7. The van der Waals surface area contributed by atoms with Gasteiger partial charge in [-0.3, -0.25) is 14.2 Å². The van der Waals surface area contributed by atoms with Crippen molar-refractivity contribution in [2.75, 3.05) is 27.9 Å². The predicted molar refractivity (Wildman–Crippen MR) is 123 cm³/mol. The zero-order valence-electron chi connectivity index (χ0n) is 19.4. The SMILES string of the molecule is COc1cc(CCNC(=O)Cn2c(=O)c(C)nc3cc(C)c(C)cc32)cc(OC)c1OC. The van der Waals surface area contributed by atoms with Gasteiger partial charge in [0.2, 0.25) is 11.7 Å². The topological polar surface area (TPSA) is 91.7 Å². The molecule has 0 saturated heterocycles. The van der Waals surface area contributed by atoms with Gasteiger partial charge in [0.25, 0.3) is 5.56 Å². The number of benzene rings is 2. The van der Waals surface area contributed by atoms with E-state index in [1.807, 2.05) is 38.1 Å². The molecule has 0 radical (unpaired) electrons. The van der Waals surface area contributed by atoms with E-state index in [0.29, 0.717) is 46.9 Å². The summed E-state index contributed by atoms with van der Waals surface area (Å²) in [5.41, 5.74) is 4.52. The lowest BCUT2D eigenvalue weighted by molar-refractivity contribution is -0.121. The van der Waals surface area contributed by atoms with E-state index in [9.17, 15) is 9.59 Å². The molecular weight excluding hydrogens is 410 g/mol. The first kappa shape index (κ1) is 23.1. The number of carbonyl (C=O) groups is 1. The highest BCUT2D eigenvalue weighted by Crippen LogP contribution is 2.38. The Morgan fingerprint density at radius 2 is 1.59 bits per heavy atom. The molecule has 0 aliphatic heterocycles. The molecule has 0 aliphatic carbocycles. The standard InChI is InChI=1S/C24H29N3O5/c1-14-9-18-19(10-15(14)2)27(24(29)16(3)26-18)13-22(28)25-8-7-17-11-20(30-4)23(32-6)21(12-17)31-5/h9-12H,7-8,13H2,1-6H3,(H,25,28). The first-order chi connectivity index (χ1) is 15.3. The van der Waals surface area contributed by atoms with Crippen molar-refractivity contribution in [3.8, 4) is 17.2 Å². The molecule has 0 spiro atoms. The van der Waals surface area contributed by atoms with Crippen LogP contribution in [0, 0.1) is 20.8 Å². The summed E-state index contributed by atoms with van der Waals surface area (Å²) < 4.78 is 17.6. The second-order valence-corrected chi connectivity index (χ2v) is 7.65. The van der Waals surface area contributed by atoms with Crippen molar-refractivity contribution in [1.82, 2.24) is 14.9 Å². The van der Waals surface area contributed by atoms with Gasteiger partial charge in [-0.2, -0.15) is 0 Å². The van der Waals surface area contributed by atoms with Crippen molar-refractivity contribution in [2.45, 2.75) is 33.7 Å². The zero-order valence-corrected chi connectivity index (χ0v) is 19.4. The van der Waals surface area contributed by atoms with Crippen molar-refractivity contribution in [3.05, 3.63) is 57.0 Å². The van der Waals surface area contributed by atoms with Gasteiger partial charge in [-0.15, -0.1) is 0 Å². The number of carbonyl (C=O) groups excluding carboxylic acids is 1. The predicted octanol–water partition coefficient (Wildman–Crippen LogP) is 2.71. The number of nitrogens with one attached hydrogen (secondary N) is 1. The maximum Gasteiger partial charge on any atom is 0.272 e. The van der Waals surface area contributed by atoms with Crippen LogP contribution in [-0.4, -0.2) is 43.3 Å². The minimum Gasteiger partial charge on any atom is -0.493 e. The highest BCUT2D eigenvalue weighted by Gasteiger charge is 2.15. The molecule has 170 valence electrons. The summed E-state index contributed by atoms with van der Waals surface area (Å²) in [4.78, 5) is 29.7. The molecule has 8 heteroatoms. The van der Waals surface area contributed by atoms with Crippen LogP contribution in [0.25, 0.3) is 11.0 Å². The van der Waals surface area contributed by atoms with E-state index >= 15 is 0 Å². The zero-order chi connectivity index (χ0) is 23.4. The molecule has 0 unspecified atom stereocenters. The number of ether oxygens (including phenoxy) is 3. The Morgan fingerprint density at radius 3 is 2.19 bits per heavy atom. The van der Waals surface area contributed by atoms with Crippen LogP contribution in [0.3, 0.4) is 0 Å². The second kappa shape index (κ2) is 9.72. The molecule has 2 aromatic carbocycles. The highest BCUT2D eigenvalue weighted by atomic mass is 16.5. The number of nitrogens with zero attached hydrogens (tertiary/aromatic N) is 2. The summed E-state index contributed by atoms with van der Waals surface area (Å²) >= 11 is 0. The fourth-order valence-corrected chi connectivity index (χ4v) is 3.61. The quantitative estimate of drug-likeness (QED) is 0.580. The lowest BCUT2D eigenvalue weighted by atomic mass is 10.1. The Labute approximate surface area is 187 Å². The number of methoxy groups -OCH3 is 3. The molecule has 1 heterocycles. The molecule has 32 heavy (non-hydrogen) atoms. The Morgan fingerprint density at radius 1 is 0.969 bits per heavy atom. The minimum atomic E-state index is -0.263. The molecule has 0 saturated carbocycles. The van der Waals surface area contributed by atoms with Gasteiger partial charge < -0.3 is 19.5 Å². The van der Waals surface area contributed by atoms with Crippen molar-refractivity contribution in [2.24, 2.45) is 0 Å². The lowest BCUT2D eigenvalue weighted by Crippen LogP contribution is -2.34. The van der Waals surface area contributed by atoms with Gasteiger partial charge in [-0.1, -0.05) is 0 Å². The molecule has 1 N–H and O–H groups in total. The number of hydrogen-bond acceptors (Lipinski definition) is 6. The number of hydrogen-bond donors (Lipinski definition) is 1. The fraction of sp³-hybridized carbons (Fsp3) is 0.375. The number of aromatic nitrogens is 2. The summed E-state index contributed by atoms with van der Waals surface area (Å²) in [5, 5.41) is 2.89. The smallest absolute Gasteiger partial charge is 0.272 e. The molecule has 0 atom stereocenters. The molecule has 3 rings (SSSR count). The molecule has 1 aromatic heterocycles. The van der Waals surface area contributed by atoms with E-state index in [1.165, 1.54) is 4.57 Å². The third-order valence-electron chi connectivity index (χ3n) is 5.49. The lowest BCUT2D eigenvalue weighted by Gasteiger charge is -2.15. The van der Waals surface area contributed by atoms with Crippen LogP contribution in [-0.2, 0) is 17.8 Å². The van der Waals surface area contributed by atoms with Crippen LogP contribution >= 0.6 is 0 Å². The van der Waals surface area contributed by atoms with Gasteiger partial charge in [-0.25, -0.2) is 4.98 Å². The van der Waals surface area contributed by atoms with Crippen LogP contribution in [0.2, 0.25) is 0 Å². The average molecular weight is 440 g/mol. The van der Waals surface area contributed by atoms with Gasteiger partial charge in [0.05, 0.1) is 32.4 Å². The highest BCUT2D eigenvalue weighted by molar-refractivity contribution is 5.81. The van der Waals surface area contributed by atoms with E-state index in [-0.39, 0.29) is 18.0 Å². The minimum absolute atomic E-state index is 0.0730. The number of aryl methyl sites for hydroxylation is 3. The molecule has 8 nitrogen and oxygen atoms in total. The fourth-order valence-electron chi connectivity index (χ4n) is 3.61. The summed E-state index contributed by atoms with van der Waals surface area (Å²) in [5.74, 6) is 1.39. The van der Waals surface area contributed by atoms with Gasteiger partial charge in [0, 0.05) is 6.54 Å². The van der Waals surface area contributed by atoms with Gasteiger partial charge in [0.15, 0.2) is 11.5 Å². The van der Waals surface area contributed by atoms with Crippen LogP contribution in [0.15, 0.2) is 29.1 Å². The normalized spacial score (nSPS) is 10.8. The number of amides is 1. The maximum atomic E-state index is 12.7. The molecular formula is C24H29N3O5. The third-order valence-corrected chi connectivity index (χ3v) is 5.49. The van der Waals surface area contributed by atoms with Crippen molar-refractivity contribution in [3.63, 3.8) is 0 Å². The summed E-state index contributed by atoms with van der Waals surface area (Å²) in [6.07, 6.45) is 0.561. The Hall–Kier alpha value is -3.55.